The lowest BCUT2D eigenvalue weighted by molar-refractivity contribution is -0.134. The number of likely N-dealkylation sites (N-methyl/N-ethyl adjacent to an activating group) is 1. The number of anilines is 2. The van der Waals surface area contributed by atoms with Crippen LogP contribution < -0.4 is 19.5 Å². The highest BCUT2D eigenvalue weighted by molar-refractivity contribution is 7.92. The third-order valence-electron chi connectivity index (χ3n) is 7.43. The molecule has 4 rings (SSSR count). The number of rotatable bonds is 9. The standard InChI is InChI=1S/C31H37ClN4O7S/c1-20-17-36(21(2)19-37)30(38)16-22-15-25(34-44(40,41)27-12-5-23(32)6-13-27)9-14-28(22)43-29(20)18-35(3)31(39)33-24-7-10-26(42-4)11-8-24/h5-15,20-21,29,34,37H,16-19H2,1-4H3,(H,33,39)/t20-,21-,29-/m1/s1. The lowest BCUT2D eigenvalue weighted by Gasteiger charge is -2.34. The van der Waals surface area contributed by atoms with Gasteiger partial charge in [0.1, 0.15) is 17.6 Å². The number of ether oxygens (including phenoxy) is 2. The van der Waals surface area contributed by atoms with Crippen LogP contribution in [0.1, 0.15) is 19.4 Å². The van der Waals surface area contributed by atoms with E-state index in [1.54, 1.807) is 68.4 Å². The second-order valence-electron chi connectivity index (χ2n) is 10.8. The summed E-state index contributed by atoms with van der Waals surface area (Å²) in [6, 6.07) is 16.7. The van der Waals surface area contributed by atoms with Gasteiger partial charge in [-0.25, -0.2) is 13.2 Å². The molecular formula is C31H37ClN4O7S. The molecule has 3 amide bonds. The van der Waals surface area contributed by atoms with E-state index in [2.05, 4.69) is 10.0 Å². The third-order valence-corrected chi connectivity index (χ3v) is 9.08. The Kier molecular flexibility index (Phi) is 10.6. The number of carbonyl (C=O) groups excluding carboxylic acids is 2. The monoisotopic (exact) mass is 644 g/mol. The van der Waals surface area contributed by atoms with Crippen molar-refractivity contribution in [2.24, 2.45) is 5.92 Å². The van der Waals surface area contributed by atoms with Crippen LogP contribution in [0.25, 0.3) is 0 Å². The Morgan fingerprint density at radius 2 is 1.80 bits per heavy atom. The molecule has 236 valence electrons. The van der Waals surface area contributed by atoms with Crippen molar-refractivity contribution in [2.75, 3.05) is 43.9 Å². The largest absolute Gasteiger partial charge is 0.497 e. The van der Waals surface area contributed by atoms with Gasteiger partial charge in [0.05, 0.1) is 37.6 Å². The summed E-state index contributed by atoms with van der Waals surface area (Å²) in [5.74, 6) is 0.581. The number of amides is 3. The predicted molar refractivity (Wildman–Crippen MR) is 169 cm³/mol. The number of urea groups is 1. The Bertz CT molecular complexity index is 1570. The van der Waals surface area contributed by atoms with E-state index in [4.69, 9.17) is 21.1 Å². The fourth-order valence-corrected chi connectivity index (χ4v) is 5.96. The van der Waals surface area contributed by atoms with E-state index in [9.17, 15) is 23.1 Å². The van der Waals surface area contributed by atoms with E-state index in [-0.39, 0.29) is 54.6 Å². The van der Waals surface area contributed by atoms with Crippen LogP contribution >= 0.6 is 11.6 Å². The molecule has 3 aromatic rings. The van der Waals surface area contributed by atoms with Crippen LogP contribution in [-0.4, -0.2) is 81.3 Å². The molecule has 1 heterocycles. The second kappa shape index (κ2) is 14.2. The average molecular weight is 645 g/mol. The number of halogens is 1. The van der Waals surface area contributed by atoms with Crippen molar-refractivity contribution in [2.45, 2.75) is 37.3 Å². The Hall–Kier alpha value is -4.00. The fraction of sp³-hybridized carbons (Fsp3) is 0.355. The van der Waals surface area contributed by atoms with E-state index in [1.165, 1.54) is 29.2 Å². The summed E-state index contributed by atoms with van der Waals surface area (Å²) in [7, 11) is -0.719. The molecule has 0 aliphatic carbocycles. The zero-order valence-corrected chi connectivity index (χ0v) is 26.6. The SMILES string of the molecule is COc1ccc(NC(=O)N(C)C[C@H]2Oc3ccc(NS(=O)(=O)c4ccc(Cl)cc4)cc3CC(=O)N([C@H](C)CO)C[C@H]2C)cc1. The topological polar surface area (TPSA) is 138 Å². The zero-order chi connectivity index (χ0) is 32.0. The number of fused-ring (bicyclic) bond motifs is 1. The van der Waals surface area contributed by atoms with Gasteiger partial charge in [0.25, 0.3) is 10.0 Å². The van der Waals surface area contributed by atoms with Crippen LogP contribution in [-0.2, 0) is 21.2 Å². The summed E-state index contributed by atoms with van der Waals surface area (Å²) in [4.78, 5) is 29.7. The summed E-state index contributed by atoms with van der Waals surface area (Å²) < 4.78 is 40.2. The van der Waals surface area contributed by atoms with Gasteiger partial charge >= 0.3 is 6.03 Å². The Labute approximate surface area is 262 Å². The van der Waals surface area contributed by atoms with Gasteiger partial charge in [0.15, 0.2) is 0 Å². The van der Waals surface area contributed by atoms with Crippen LogP contribution in [0.15, 0.2) is 71.6 Å². The number of sulfonamides is 1. The first-order valence-electron chi connectivity index (χ1n) is 14.0. The highest BCUT2D eigenvalue weighted by Crippen LogP contribution is 2.30. The zero-order valence-electron chi connectivity index (χ0n) is 25.0. The molecule has 13 heteroatoms. The molecule has 3 N–H and O–H groups in total. The summed E-state index contributed by atoms with van der Waals surface area (Å²) in [6.45, 7) is 3.91. The molecule has 44 heavy (non-hydrogen) atoms. The number of nitrogens with one attached hydrogen (secondary N) is 2. The molecule has 0 radical (unpaired) electrons. The minimum absolute atomic E-state index is 0.0329. The molecule has 0 bridgehead atoms. The summed E-state index contributed by atoms with van der Waals surface area (Å²) in [6.07, 6.45) is -0.625. The number of nitrogens with zero attached hydrogens (tertiary/aromatic N) is 2. The van der Waals surface area contributed by atoms with Crippen molar-refractivity contribution < 1.29 is 32.6 Å². The van der Waals surface area contributed by atoms with E-state index < -0.39 is 22.2 Å². The molecule has 1 aliphatic heterocycles. The van der Waals surface area contributed by atoms with E-state index in [0.29, 0.717) is 27.8 Å². The van der Waals surface area contributed by atoms with Gasteiger partial charge in [-0.1, -0.05) is 18.5 Å². The predicted octanol–water partition coefficient (Wildman–Crippen LogP) is 4.46. The van der Waals surface area contributed by atoms with Crippen LogP contribution in [0, 0.1) is 5.92 Å². The van der Waals surface area contributed by atoms with Gasteiger partial charge < -0.3 is 29.7 Å². The number of benzene rings is 3. The summed E-state index contributed by atoms with van der Waals surface area (Å²) in [5, 5.41) is 13.2. The van der Waals surface area contributed by atoms with Crippen LogP contribution in [0.5, 0.6) is 11.5 Å². The molecule has 0 saturated heterocycles. The molecule has 0 fully saturated rings. The first kappa shape index (κ1) is 32.9. The molecule has 11 nitrogen and oxygen atoms in total. The van der Waals surface area contributed by atoms with Gasteiger partial charge in [0.2, 0.25) is 5.91 Å². The number of hydrogen-bond donors (Lipinski definition) is 3. The highest BCUT2D eigenvalue weighted by Gasteiger charge is 2.32. The fourth-order valence-electron chi connectivity index (χ4n) is 4.78. The van der Waals surface area contributed by atoms with Gasteiger partial charge in [-0.2, -0.15) is 0 Å². The van der Waals surface area contributed by atoms with Crippen molar-refractivity contribution in [3.8, 4) is 11.5 Å². The van der Waals surface area contributed by atoms with Crippen molar-refractivity contribution in [3.05, 3.63) is 77.3 Å². The Balaban J connectivity index is 1.60. The van der Waals surface area contributed by atoms with Crippen molar-refractivity contribution >= 4 is 44.9 Å². The number of carbonyl (C=O) groups is 2. The highest BCUT2D eigenvalue weighted by atomic mass is 35.5. The molecule has 3 aromatic carbocycles. The number of aliphatic hydroxyl groups excluding tert-OH is 1. The van der Waals surface area contributed by atoms with Crippen molar-refractivity contribution in [3.63, 3.8) is 0 Å². The normalized spacial score (nSPS) is 17.7. The first-order chi connectivity index (χ1) is 20.9. The molecular weight excluding hydrogens is 608 g/mol. The van der Waals surface area contributed by atoms with Crippen molar-refractivity contribution in [1.29, 1.82) is 0 Å². The van der Waals surface area contributed by atoms with Gasteiger partial charge in [-0.15, -0.1) is 0 Å². The maximum atomic E-state index is 13.5. The van der Waals surface area contributed by atoms with Crippen LogP contribution in [0.3, 0.4) is 0 Å². The van der Waals surface area contributed by atoms with Crippen LogP contribution in [0.4, 0.5) is 16.2 Å². The number of methoxy groups -OCH3 is 1. The molecule has 1 aliphatic rings. The first-order valence-corrected chi connectivity index (χ1v) is 15.9. The molecule has 0 spiro atoms. The van der Waals surface area contributed by atoms with Gasteiger partial charge in [0, 0.05) is 41.5 Å². The van der Waals surface area contributed by atoms with Gasteiger partial charge in [-0.05, 0) is 73.7 Å². The van der Waals surface area contributed by atoms with Gasteiger partial charge in [-0.3, -0.25) is 9.52 Å². The number of hydrogen-bond acceptors (Lipinski definition) is 7. The van der Waals surface area contributed by atoms with E-state index in [0.717, 1.165) is 0 Å². The van der Waals surface area contributed by atoms with Crippen molar-refractivity contribution in [1.82, 2.24) is 9.80 Å². The molecule has 3 atom stereocenters. The smallest absolute Gasteiger partial charge is 0.321 e. The maximum absolute atomic E-state index is 13.5. The lowest BCUT2D eigenvalue weighted by Crippen LogP contribution is -2.48. The van der Waals surface area contributed by atoms with Crippen LogP contribution in [0.2, 0.25) is 5.02 Å². The summed E-state index contributed by atoms with van der Waals surface area (Å²) >= 11 is 5.91. The third kappa shape index (κ3) is 8.13. The number of aliphatic hydroxyl groups is 1. The minimum Gasteiger partial charge on any atom is -0.497 e. The molecule has 0 aromatic heterocycles. The van der Waals surface area contributed by atoms with E-state index >= 15 is 0 Å². The molecule has 0 unspecified atom stereocenters. The lowest BCUT2D eigenvalue weighted by atomic mass is 10.0. The van der Waals surface area contributed by atoms with E-state index in [1.807, 2.05) is 6.92 Å². The maximum Gasteiger partial charge on any atom is 0.321 e. The summed E-state index contributed by atoms with van der Waals surface area (Å²) in [5.41, 5.74) is 1.31. The Morgan fingerprint density at radius 1 is 1.14 bits per heavy atom. The molecule has 0 saturated carbocycles. The minimum atomic E-state index is -3.93. The quantitative estimate of drug-likeness (QED) is 0.313. The Morgan fingerprint density at radius 3 is 2.43 bits per heavy atom. The average Bonchev–Trinajstić information content (AvgIpc) is 3.04. The second-order valence-corrected chi connectivity index (χ2v) is 12.9.